The number of ether oxygens (including phenoxy) is 2. The van der Waals surface area contributed by atoms with Crippen LogP contribution in [0.25, 0.3) is 0 Å². The summed E-state index contributed by atoms with van der Waals surface area (Å²) in [5, 5.41) is 2.70. The highest BCUT2D eigenvalue weighted by atomic mass is 16.5. The van der Waals surface area contributed by atoms with Gasteiger partial charge < -0.3 is 19.7 Å². The Bertz CT molecular complexity index is 647. The third-order valence-electron chi connectivity index (χ3n) is 3.26. The number of nitrogens with one attached hydrogen (secondary N) is 1. The highest BCUT2D eigenvalue weighted by molar-refractivity contribution is 5.91. The number of hydrogen-bond acceptors (Lipinski definition) is 7. The summed E-state index contributed by atoms with van der Waals surface area (Å²) in [7, 11) is 0. The molecular weight excluding hydrogens is 298 g/mol. The lowest BCUT2D eigenvalue weighted by molar-refractivity contribution is -0.118. The molecule has 8 heteroatoms. The van der Waals surface area contributed by atoms with Crippen molar-refractivity contribution < 1.29 is 14.3 Å². The number of hydrogen-bond donors (Lipinski definition) is 1. The number of pyridine rings is 1. The lowest BCUT2D eigenvalue weighted by atomic mass is 10.4. The van der Waals surface area contributed by atoms with E-state index in [4.69, 9.17) is 9.47 Å². The molecule has 1 saturated heterocycles. The molecule has 1 amide bonds. The van der Waals surface area contributed by atoms with Crippen molar-refractivity contribution in [3.05, 3.63) is 36.9 Å². The Morgan fingerprint density at radius 3 is 3.00 bits per heavy atom. The zero-order valence-corrected chi connectivity index (χ0v) is 12.5. The van der Waals surface area contributed by atoms with Crippen molar-refractivity contribution in [2.75, 3.05) is 43.1 Å². The van der Waals surface area contributed by atoms with E-state index < -0.39 is 0 Å². The summed E-state index contributed by atoms with van der Waals surface area (Å²) in [6.45, 7) is 2.78. The van der Waals surface area contributed by atoms with Crippen molar-refractivity contribution in [3.8, 4) is 5.75 Å². The van der Waals surface area contributed by atoms with Gasteiger partial charge in [-0.1, -0.05) is 0 Å². The number of carbonyl (C=O) groups is 1. The van der Waals surface area contributed by atoms with E-state index in [0.29, 0.717) is 24.8 Å². The number of anilines is 2. The average molecular weight is 315 g/mol. The minimum absolute atomic E-state index is 0.109. The van der Waals surface area contributed by atoms with E-state index in [0.717, 1.165) is 18.9 Å². The molecule has 1 aliphatic rings. The Balaban J connectivity index is 1.55. The van der Waals surface area contributed by atoms with E-state index in [9.17, 15) is 4.79 Å². The summed E-state index contributed by atoms with van der Waals surface area (Å²) < 4.78 is 10.7. The molecular formula is C15H17N5O3. The Morgan fingerprint density at radius 1 is 1.35 bits per heavy atom. The first-order chi connectivity index (χ1) is 11.3. The molecule has 23 heavy (non-hydrogen) atoms. The molecule has 2 aromatic heterocycles. The maximum Gasteiger partial charge on any atom is 0.263 e. The van der Waals surface area contributed by atoms with Gasteiger partial charge in [0.1, 0.15) is 23.7 Å². The third-order valence-corrected chi connectivity index (χ3v) is 3.26. The van der Waals surface area contributed by atoms with E-state index >= 15 is 0 Å². The van der Waals surface area contributed by atoms with Crippen LogP contribution < -0.4 is 15.0 Å². The first kappa shape index (κ1) is 15.2. The normalized spacial score (nSPS) is 14.3. The predicted molar refractivity (Wildman–Crippen MR) is 83.4 cm³/mol. The Hall–Kier alpha value is -2.74. The van der Waals surface area contributed by atoms with Gasteiger partial charge in [0.15, 0.2) is 6.61 Å². The fraction of sp³-hybridized carbons (Fsp3) is 0.333. The molecule has 0 unspecified atom stereocenters. The molecule has 0 radical (unpaired) electrons. The summed E-state index contributed by atoms with van der Waals surface area (Å²) >= 11 is 0. The molecule has 1 N–H and O–H groups in total. The highest BCUT2D eigenvalue weighted by Crippen LogP contribution is 2.15. The molecule has 0 saturated carbocycles. The van der Waals surface area contributed by atoms with Crippen molar-refractivity contribution in [2.24, 2.45) is 0 Å². The summed E-state index contributed by atoms with van der Waals surface area (Å²) in [4.78, 5) is 26.2. The van der Waals surface area contributed by atoms with Crippen LogP contribution in [0.4, 0.5) is 11.6 Å². The molecule has 0 bridgehead atoms. The van der Waals surface area contributed by atoms with Gasteiger partial charge in [0.2, 0.25) is 0 Å². The molecule has 120 valence electrons. The standard InChI is InChI=1S/C15H17N5O3/c21-15(10-23-12-2-1-3-16-9-12)19-13-8-14(18-11-17-13)20-4-6-22-7-5-20/h1-3,8-9,11H,4-7,10H2,(H,17,18,19,21). The minimum atomic E-state index is -0.291. The van der Waals surface area contributed by atoms with Gasteiger partial charge in [-0.15, -0.1) is 0 Å². The SMILES string of the molecule is O=C(COc1cccnc1)Nc1cc(N2CCOCC2)ncn1. The highest BCUT2D eigenvalue weighted by Gasteiger charge is 2.13. The van der Waals surface area contributed by atoms with Gasteiger partial charge in [-0.2, -0.15) is 0 Å². The van der Waals surface area contributed by atoms with E-state index in [1.54, 1.807) is 30.6 Å². The summed E-state index contributed by atoms with van der Waals surface area (Å²) in [6, 6.07) is 5.22. The summed E-state index contributed by atoms with van der Waals surface area (Å²) in [5.41, 5.74) is 0. The van der Waals surface area contributed by atoms with Gasteiger partial charge >= 0.3 is 0 Å². The fourth-order valence-electron chi connectivity index (χ4n) is 2.14. The monoisotopic (exact) mass is 315 g/mol. The first-order valence-corrected chi connectivity index (χ1v) is 7.29. The number of aromatic nitrogens is 3. The summed E-state index contributed by atoms with van der Waals surface area (Å²) in [6.07, 6.45) is 4.62. The van der Waals surface area contributed by atoms with Crippen LogP contribution in [-0.4, -0.2) is 53.8 Å². The molecule has 0 atom stereocenters. The van der Waals surface area contributed by atoms with Crippen molar-refractivity contribution >= 4 is 17.5 Å². The smallest absolute Gasteiger partial charge is 0.263 e. The second-order valence-electron chi connectivity index (χ2n) is 4.89. The Morgan fingerprint density at radius 2 is 2.22 bits per heavy atom. The van der Waals surface area contributed by atoms with E-state index in [1.807, 2.05) is 0 Å². The number of carbonyl (C=O) groups excluding carboxylic acids is 1. The van der Waals surface area contributed by atoms with Gasteiger partial charge in [-0.25, -0.2) is 9.97 Å². The molecule has 1 aliphatic heterocycles. The molecule has 3 heterocycles. The van der Waals surface area contributed by atoms with Gasteiger partial charge in [0.05, 0.1) is 19.4 Å². The van der Waals surface area contributed by atoms with Crippen molar-refractivity contribution in [2.45, 2.75) is 0 Å². The quantitative estimate of drug-likeness (QED) is 0.869. The van der Waals surface area contributed by atoms with Crippen LogP contribution in [0.15, 0.2) is 36.9 Å². The molecule has 3 rings (SSSR count). The third kappa shape index (κ3) is 4.36. The molecule has 0 aromatic carbocycles. The van der Waals surface area contributed by atoms with Crippen molar-refractivity contribution in [1.29, 1.82) is 0 Å². The molecule has 0 aliphatic carbocycles. The topological polar surface area (TPSA) is 89.5 Å². The van der Waals surface area contributed by atoms with Crippen LogP contribution in [0.3, 0.4) is 0 Å². The number of nitrogens with zero attached hydrogens (tertiary/aromatic N) is 4. The van der Waals surface area contributed by atoms with E-state index in [2.05, 4.69) is 25.2 Å². The maximum absolute atomic E-state index is 11.9. The van der Waals surface area contributed by atoms with Crippen molar-refractivity contribution in [1.82, 2.24) is 15.0 Å². The van der Waals surface area contributed by atoms with Gasteiger partial charge in [0.25, 0.3) is 5.91 Å². The van der Waals surface area contributed by atoms with Gasteiger partial charge in [0, 0.05) is 25.4 Å². The van der Waals surface area contributed by atoms with Crippen molar-refractivity contribution in [3.63, 3.8) is 0 Å². The Labute approximate surface area is 133 Å². The maximum atomic E-state index is 11.9. The number of rotatable bonds is 5. The molecule has 1 fully saturated rings. The van der Waals surface area contributed by atoms with Gasteiger partial charge in [-0.3, -0.25) is 9.78 Å². The zero-order chi connectivity index (χ0) is 15.9. The second kappa shape index (κ2) is 7.50. The molecule has 0 spiro atoms. The fourth-order valence-corrected chi connectivity index (χ4v) is 2.14. The molecule has 2 aromatic rings. The van der Waals surface area contributed by atoms with E-state index in [1.165, 1.54) is 6.33 Å². The van der Waals surface area contributed by atoms with Crippen LogP contribution in [0.1, 0.15) is 0 Å². The van der Waals surface area contributed by atoms with Crippen LogP contribution in [0.5, 0.6) is 5.75 Å². The number of amides is 1. The van der Waals surface area contributed by atoms with Crippen LogP contribution in [0, 0.1) is 0 Å². The first-order valence-electron chi connectivity index (χ1n) is 7.29. The number of morpholine rings is 1. The predicted octanol–water partition coefficient (Wildman–Crippen LogP) is 0.726. The van der Waals surface area contributed by atoms with E-state index in [-0.39, 0.29) is 12.5 Å². The van der Waals surface area contributed by atoms with Crippen LogP contribution in [0.2, 0.25) is 0 Å². The Kier molecular flexibility index (Phi) is 4.95. The van der Waals surface area contributed by atoms with Crippen LogP contribution >= 0.6 is 0 Å². The zero-order valence-electron chi connectivity index (χ0n) is 12.5. The molecule has 8 nitrogen and oxygen atoms in total. The summed E-state index contributed by atoms with van der Waals surface area (Å²) in [5.74, 6) is 1.47. The largest absolute Gasteiger partial charge is 0.482 e. The van der Waals surface area contributed by atoms with Crippen LogP contribution in [-0.2, 0) is 9.53 Å². The lowest BCUT2D eigenvalue weighted by Crippen LogP contribution is -2.36. The second-order valence-corrected chi connectivity index (χ2v) is 4.89. The lowest BCUT2D eigenvalue weighted by Gasteiger charge is -2.27. The average Bonchev–Trinajstić information content (AvgIpc) is 2.62. The minimum Gasteiger partial charge on any atom is -0.482 e. The van der Waals surface area contributed by atoms with Gasteiger partial charge in [-0.05, 0) is 12.1 Å².